The van der Waals surface area contributed by atoms with Crippen LogP contribution in [0, 0.1) is 5.82 Å². The van der Waals surface area contributed by atoms with Crippen molar-refractivity contribution >= 4 is 23.0 Å². The molecular formula is C9H12ClFN2. The van der Waals surface area contributed by atoms with Gasteiger partial charge in [-0.1, -0.05) is 11.6 Å². The van der Waals surface area contributed by atoms with Gasteiger partial charge < -0.3 is 11.1 Å². The number of hydrogen-bond acceptors (Lipinski definition) is 2. The van der Waals surface area contributed by atoms with Crippen molar-refractivity contribution in [2.45, 2.75) is 19.9 Å². The topological polar surface area (TPSA) is 38.0 Å². The summed E-state index contributed by atoms with van der Waals surface area (Å²) < 4.78 is 13.0. The highest BCUT2D eigenvalue weighted by Gasteiger charge is 2.06. The fraction of sp³-hybridized carbons (Fsp3) is 0.333. The Morgan fingerprint density at radius 3 is 2.62 bits per heavy atom. The minimum Gasteiger partial charge on any atom is -0.397 e. The molecule has 1 rings (SSSR count). The normalized spacial score (nSPS) is 10.5. The van der Waals surface area contributed by atoms with Gasteiger partial charge in [0.15, 0.2) is 0 Å². The second-order valence-electron chi connectivity index (χ2n) is 3.15. The van der Waals surface area contributed by atoms with Crippen LogP contribution in [-0.2, 0) is 0 Å². The van der Waals surface area contributed by atoms with E-state index in [-0.39, 0.29) is 11.1 Å². The molecule has 1 aromatic carbocycles. The predicted octanol–water partition coefficient (Wildman–Crippen LogP) is 2.88. The van der Waals surface area contributed by atoms with Crippen LogP contribution in [0.5, 0.6) is 0 Å². The number of nitrogens with one attached hydrogen (secondary N) is 1. The quantitative estimate of drug-likeness (QED) is 0.724. The largest absolute Gasteiger partial charge is 0.397 e. The van der Waals surface area contributed by atoms with Crippen molar-refractivity contribution in [2.24, 2.45) is 0 Å². The van der Waals surface area contributed by atoms with Crippen LogP contribution in [0.2, 0.25) is 5.02 Å². The molecule has 2 nitrogen and oxygen atoms in total. The summed E-state index contributed by atoms with van der Waals surface area (Å²) in [5.74, 6) is -0.459. The van der Waals surface area contributed by atoms with Crippen molar-refractivity contribution in [3.05, 3.63) is 23.0 Å². The van der Waals surface area contributed by atoms with E-state index in [4.69, 9.17) is 17.3 Å². The summed E-state index contributed by atoms with van der Waals surface area (Å²) in [6.07, 6.45) is 0. The van der Waals surface area contributed by atoms with E-state index >= 15 is 0 Å². The zero-order valence-electron chi connectivity index (χ0n) is 7.57. The summed E-state index contributed by atoms with van der Waals surface area (Å²) in [7, 11) is 0. The van der Waals surface area contributed by atoms with Gasteiger partial charge in [0.05, 0.1) is 16.4 Å². The van der Waals surface area contributed by atoms with Gasteiger partial charge in [-0.15, -0.1) is 0 Å². The van der Waals surface area contributed by atoms with Crippen LogP contribution in [0.1, 0.15) is 13.8 Å². The third-order valence-electron chi connectivity index (χ3n) is 1.54. The summed E-state index contributed by atoms with van der Waals surface area (Å²) in [5.41, 5.74) is 6.66. The van der Waals surface area contributed by atoms with Gasteiger partial charge in [0.2, 0.25) is 0 Å². The fourth-order valence-electron chi connectivity index (χ4n) is 0.998. The van der Waals surface area contributed by atoms with Gasteiger partial charge in [-0.3, -0.25) is 0 Å². The highest BCUT2D eigenvalue weighted by Crippen LogP contribution is 2.26. The monoisotopic (exact) mass is 202 g/mol. The number of rotatable bonds is 2. The van der Waals surface area contributed by atoms with Gasteiger partial charge >= 0.3 is 0 Å². The van der Waals surface area contributed by atoms with Gasteiger partial charge in [0.1, 0.15) is 5.82 Å². The van der Waals surface area contributed by atoms with E-state index in [9.17, 15) is 4.39 Å². The number of hydrogen-bond donors (Lipinski definition) is 2. The molecule has 0 aliphatic heterocycles. The zero-order chi connectivity index (χ0) is 10.0. The van der Waals surface area contributed by atoms with Crippen molar-refractivity contribution in [3.8, 4) is 0 Å². The SMILES string of the molecule is CC(C)Nc1cc(F)c(Cl)cc1N. The molecule has 1 aromatic rings. The van der Waals surface area contributed by atoms with Crippen molar-refractivity contribution in [3.63, 3.8) is 0 Å². The molecule has 4 heteroatoms. The van der Waals surface area contributed by atoms with E-state index in [1.54, 1.807) is 0 Å². The Morgan fingerprint density at radius 2 is 2.08 bits per heavy atom. The van der Waals surface area contributed by atoms with E-state index in [1.165, 1.54) is 12.1 Å². The highest BCUT2D eigenvalue weighted by molar-refractivity contribution is 6.31. The molecule has 72 valence electrons. The summed E-state index contributed by atoms with van der Waals surface area (Å²) in [6, 6.07) is 2.92. The second-order valence-corrected chi connectivity index (χ2v) is 3.56. The predicted molar refractivity (Wildman–Crippen MR) is 54.6 cm³/mol. The van der Waals surface area contributed by atoms with Gasteiger partial charge in [-0.25, -0.2) is 4.39 Å². The molecule has 3 N–H and O–H groups in total. The summed E-state index contributed by atoms with van der Waals surface area (Å²) >= 11 is 5.54. The first-order chi connectivity index (χ1) is 6.00. The molecule has 0 aliphatic rings. The number of nitrogen functional groups attached to an aromatic ring is 1. The average Bonchev–Trinajstić information content (AvgIpc) is 1.99. The lowest BCUT2D eigenvalue weighted by Crippen LogP contribution is -2.11. The lowest BCUT2D eigenvalue weighted by atomic mass is 10.2. The van der Waals surface area contributed by atoms with Crippen molar-refractivity contribution in [1.29, 1.82) is 0 Å². The van der Waals surface area contributed by atoms with Gasteiger partial charge in [0, 0.05) is 12.1 Å². The van der Waals surface area contributed by atoms with Crippen LogP contribution in [-0.4, -0.2) is 6.04 Å². The Labute approximate surface area is 81.9 Å². The molecule has 0 heterocycles. The van der Waals surface area contributed by atoms with Crippen LogP contribution >= 0.6 is 11.6 Å². The average molecular weight is 203 g/mol. The van der Waals surface area contributed by atoms with E-state index in [2.05, 4.69) is 5.32 Å². The third-order valence-corrected chi connectivity index (χ3v) is 1.83. The molecule has 0 bridgehead atoms. The molecule has 0 spiro atoms. The fourth-order valence-corrected chi connectivity index (χ4v) is 1.17. The molecule has 0 fully saturated rings. The van der Waals surface area contributed by atoms with E-state index in [0.717, 1.165) is 0 Å². The Kier molecular flexibility index (Phi) is 2.98. The maximum absolute atomic E-state index is 13.0. The van der Waals surface area contributed by atoms with Crippen LogP contribution in [0.3, 0.4) is 0 Å². The molecule has 0 amide bonds. The number of benzene rings is 1. The minimum atomic E-state index is -0.459. The van der Waals surface area contributed by atoms with Crippen molar-refractivity contribution in [1.82, 2.24) is 0 Å². The lowest BCUT2D eigenvalue weighted by Gasteiger charge is -2.12. The molecule has 0 saturated heterocycles. The van der Waals surface area contributed by atoms with E-state index < -0.39 is 5.82 Å². The molecule has 0 radical (unpaired) electrons. The maximum Gasteiger partial charge on any atom is 0.143 e. The summed E-state index contributed by atoms with van der Waals surface area (Å²) in [5, 5.41) is 3.07. The van der Waals surface area contributed by atoms with E-state index in [1.807, 2.05) is 13.8 Å². The molecule has 0 unspecified atom stereocenters. The third kappa shape index (κ3) is 2.49. The first kappa shape index (κ1) is 10.1. The first-order valence-corrected chi connectivity index (χ1v) is 4.39. The molecule has 0 saturated carbocycles. The minimum absolute atomic E-state index is 0.0480. The van der Waals surface area contributed by atoms with Crippen LogP contribution in [0.4, 0.5) is 15.8 Å². The second kappa shape index (κ2) is 3.83. The lowest BCUT2D eigenvalue weighted by molar-refractivity contribution is 0.628. The smallest absolute Gasteiger partial charge is 0.143 e. The van der Waals surface area contributed by atoms with Gasteiger partial charge in [-0.05, 0) is 19.9 Å². The Balaban J connectivity index is 3.01. The number of nitrogens with two attached hydrogens (primary N) is 1. The van der Waals surface area contributed by atoms with E-state index in [0.29, 0.717) is 11.4 Å². The highest BCUT2D eigenvalue weighted by atomic mass is 35.5. The Morgan fingerprint density at radius 1 is 1.46 bits per heavy atom. The van der Waals surface area contributed by atoms with Crippen LogP contribution < -0.4 is 11.1 Å². The molecule has 0 aromatic heterocycles. The summed E-state index contributed by atoms with van der Waals surface area (Å²) in [4.78, 5) is 0. The standard InChI is InChI=1S/C9H12ClFN2/c1-5(2)13-9-4-7(11)6(10)3-8(9)12/h3-5,13H,12H2,1-2H3. The molecule has 0 aliphatic carbocycles. The number of anilines is 2. The molecule has 13 heavy (non-hydrogen) atoms. The van der Waals surface area contributed by atoms with Crippen molar-refractivity contribution < 1.29 is 4.39 Å². The summed E-state index contributed by atoms with van der Waals surface area (Å²) in [6.45, 7) is 3.90. The molecular weight excluding hydrogens is 191 g/mol. The maximum atomic E-state index is 13.0. The zero-order valence-corrected chi connectivity index (χ0v) is 8.32. The van der Waals surface area contributed by atoms with Gasteiger partial charge in [0.25, 0.3) is 0 Å². The Bertz CT molecular complexity index is 313. The first-order valence-electron chi connectivity index (χ1n) is 4.01. The van der Waals surface area contributed by atoms with Crippen molar-refractivity contribution in [2.75, 3.05) is 11.1 Å². The number of halogens is 2. The van der Waals surface area contributed by atoms with Gasteiger partial charge in [-0.2, -0.15) is 0 Å². The molecule has 0 atom stereocenters. The van der Waals surface area contributed by atoms with Crippen LogP contribution in [0.25, 0.3) is 0 Å². The van der Waals surface area contributed by atoms with Crippen LogP contribution in [0.15, 0.2) is 12.1 Å². The Hall–Kier alpha value is -0.960.